The lowest BCUT2D eigenvalue weighted by Gasteiger charge is -2.16. The normalized spacial score (nSPS) is 24.0. The SMILES string of the molecule is CCCCn1cc[n+](CCCNCCCCC[C@@H]2SC[C@@H]3NC(=O)N[C@@H]32)c1. The lowest BCUT2D eigenvalue weighted by molar-refractivity contribution is -0.696. The van der Waals surface area contributed by atoms with Crippen LogP contribution in [0.3, 0.4) is 0 Å². The first-order valence-electron chi connectivity index (χ1n) is 10.7. The average Bonchev–Trinajstić information content (AvgIpc) is 3.35. The third-order valence-corrected chi connectivity index (χ3v) is 7.07. The minimum Gasteiger partial charge on any atom is -0.332 e. The van der Waals surface area contributed by atoms with Gasteiger partial charge in [-0.2, -0.15) is 11.8 Å². The molecule has 1 aromatic heterocycles. The Morgan fingerprint density at radius 3 is 3.00 bits per heavy atom. The molecule has 3 heterocycles. The number of aryl methyl sites for hydroxylation is 2. The Morgan fingerprint density at radius 2 is 2.11 bits per heavy atom. The molecule has 3 rings (SSSR count). The van der Waals surface area contributed by atoms with Gasteiger partial charge < -0.3 is 16.0 Å². The number of carbonyl (C=O) groups excluding carboxylic acids is 1. The van der Waals surface area contributed by atoms with Crippen LogP contribution in [-0.2, 0) is 13.1 Å². The van der Waals surface area contributed by atoms with Crippen molar-refractivity contribution in [3.63, 3.8) is 0 Å². The van der Waals surface area contributed by atoms with E-state index in [2.05, 4.69) is 50.7 Å². The topological polar surface area (TPSA) is 62.0 Å². The Balaban J connectivity index is 1.15. The molecule has 3 N–H and O–H groups in total. The zero-order valence-corrected chi connectivity index (χ0v) is 17.5. The van der Waals surface area contributed by atoms with Gasteiger partial charge in [-0.15, -0.1) is 0 Å². The van der Waals surface area contributed by atoms with Gasteiger partial charge in [-0.3, -0.25) is 0 Å². The van der Waals surface area contributed by atoms with Crippen molar-refractivity contribution < 1.29 is 9.36 Å². The number of aromatic nitrogens is 2. The first-order chi connectivity index (χ1) is 13.3. The Hall–Kier alpha value is -1.21. The van der Waals surface area contributed by atoms with Crippen molar-refractivity contribution in [3.05, 3.63) is 18.7 Å². The highest BCUT2D eigenvalue weighted by Crippen LogP contribution is 2.33. The monoisotopic (exact) mass is 394 g/mol. The maximum absolute atomic E-state index is 11.4. The number of rotatable bonds is 13. The molecule has 2 aliphatic heterocycles. The Bertz CT molecular complexity index is 578. The molecular weight excluding hydrogens is 358 g/mol. The highest BCUT2D eigenvalue weighted by Gasteiger charge is 2.42. The zero-order chi connectivity index (χ0) is 18.9. The molecule has 7 heteroatoms. The molecule has 0 aromatic carbocycles. The molecule has 3 atom stereocenters. The second-order valence-corrected chi connectivity index (χ2v) is 9.09. The van der Waals surface area contributed by atoms with E-state index < -0.39 is 0 Å². The van der Waals surface area contributed by atoms with Crippen LogP contribution in [0.1, 0.15) is 51.9 Å². The first-order valence-corrected chi connectivity index (χ1v) is 11.8. The largest absolute Gasteiger partial charge is 0.332 e. The van der Waals surface area contributed by atoms with Crippen molar-refractivity contribution in [2.75, 3.05) is 18.8 Å². The van der Waals surface area contributed by atoms with Crippen molar-refractivity contribution >= 4 is 17.8 Å². The maximum atomic E-state index is 11.4. The van der Waals surface area contributed by atoms with Gasteiger partial charge >= 0.3 is 6.03 Å². The second kappa shape index (κ2) is 11.0. The summed E-state index contributed by atoms with van der Waals surface area (Å²) in [6.07, 6.45) is 15.3. The molecule has 6 nitrogen and oxygen atoms in total. The molecular formula is C20H36N5OS+. The highest BCUT2D eigenvalue weighted by molar-refractivity contribution is 8.00. The Labute approximate surface area is 167 Å². The molecule has 0 saturated carbocycles. The van der Waals surface area contributed by atoms with Gasteiger partial charge in [0, 0.05) is 11.0 Å². The third kappa shape index (κ3) is 6.42. The number of unbranched alkanes of at least 4 members (excludes halogenated alkanes) is 3. The number of carbonyl (C=O) groups is 1. The van der Waals surface area contributed by atoms with Crippen LogP contribution in [0.25, 0.3) is 0 Å². The molecule has 2 aliphatic rings. The fourth-order valence-electron chi connectivity index (χ4n) is 3.97. The smallest absolute Gasteiger partial charge is 0.315 e. The van der Waals surface area contributed by atoms with Gasteiger partial charge in [0.25, 0.3) is 0 Å². The van der Waals surface area contributed by atoms with Crippen molar-refractivity contribution in [2.45, 2.75) is 82.3 Å². The van der Waals surface area contributed by atoms with E-state index in [4.69, 9.17) is 0 Å². The fraction of sp³-hybridized carbons (Fsp3) is 0.800. The van der Waals surface area contributed by atoms with E-state index in [0.717, 1.165) is 31.9 Å². The molecule has 0 unspecified atom stereocenters. The number of urea groups is 1. The Morgan fingerprint density at radius 1 is 1.22 bits per heavy atom. The molecule has 2 amide bonds. The molecule has 152 valence electrons. The molecule has 27 heavy (non-hydrogen) atoms. The summed E-state index contributed by atoms with van der Waals surface area (Å²) in [6.45, 7) is 6.66. The van der Waals surface area contributed by atoms with E-state index >= 15 is 0 Å². The number of thioether (sulfide) groups is 1. The quantitative estimate of drug-likeness (QED) is 0.273. The van der Waals surface area contributed by atoms with Gasteiger partial charge in [0.2, 0.25) is 6.33 Å². The number of fused-ring (bicyclic) bond motifs is 1. The Kier molecular flexibility index (Phi) is 8.33. The van der Waals surface area contributed by atoms with Crippen LogP contribution in [0.4, 0.5) is 4.79 Å². The first kappa shape index (κ1) is 20.5. The minimum atomic E-state index is 0.0233. The van der Waals surface area contributed by atoms with E-state index in [1.807, 2.05) is 11.8 Å². The summed E-state index contributed by atoms with van der Waals surface area (Å²) in [5, 5.41) is 10.3. The van der Waals surface area contributed by atoms with Gasteiger partial charge in [-0.05, 0) is 38.8 Å². The lowest BCUT2D eigenvalue weighted by atomic mass is 10.0. The number of imidazole rings is 1. The van der Waals surface area contributed by atoms with E-state index in [-0.39, 0.29) is 6.03 Å². The number of amides is 2. The second-order valence-electron chi connectivity index (χ2n) is 7.82. The van der Waals surface area contributed by atoms with Crippen molar-refractivity contribution in [3.8, 4) is 0 Å². The van der Waals surface area contributed by atoms with Gasteiger partial charge in [0.1, 0.15) is 12.4 Å². The molecule has 0 aliphatic carbocycles. The van der Waals surface area contributed by atoms with E-state index in [9.17, 15) is 4.79 Å². The highest BCUT2D eigenvalue weighted by atomic mass is 32.2. The van der Waals surface area contributed by atoms with Crippen LogP contribution < -0.4 is 20.5 Å². The summed E-state index contributed by atoms with van der Waals surface area (Å²) in [5.41, 5.74) is 0. The molecule has 0 spiro atoms. The summed E-state index contributed by atoms with van der Waals surface area (Å²) in [5.74, 6) is 1.07. The summed E-state index contributed by atoms with van der Waals surface area (Å²) >= 11 is 2.02. The molecule has 0 bridgehead atoms. The van der Waals surface area contributed by atoms with E-state index in [1.54, 1.807) is 0 Å². The van der Waals surface area contributed by atoms with Crippen LogP contribution >= 0.6 is 11.8 Å². The zero-order valence-electron chi connectivity index (χ0n) is 16.7. The standard InChI is InChI=1S/C20H35N5OS/c1-2-3-11-24-13-14-25(16-24)12-7-10-21-9-6-4-5-8-18-19-17(15-27-18)22-20(26)23-19/h13-14,16-19,21H,2-12,15H2,1H3,(H-,22,23,26)/p+1/t17-,18-,19-/m0/s1. The van der Waals surface area contributed by atoms with Gasteiger partial charge in [0.15, 0.2) is 0 Å². The van der Waals surface area contributed by atoms with Crippen LogP contribution in [-0.4, -0.2) is 46.8 Å². The van der Waals surface area contributed by atoms with Crippen molar-refractivity contribution in [2.24, 2.45) is 0 Å². The molecule has 1 aromatic rings. The van der Waals surface area contributed by atoms with E-state index in [0.29, 0.717) is 17.3 Å². The molecule has 2 fully saturated rings. The summed E-state index contributed by atoms with van der Waals surface area (Å²) < 4.78 is 4.58. The summed E-state index contributed by atoms with van der Waals surface area (Å²) in [7, 11) is 0. The van der Waals surface area contributed by atoms with Crippen molar-refractivity contribution in [1.29, 1.82) is 0 Å². The number of nitrogens with one attached hydrogen (secondary N) is 3. The summed E-state index contributed by atoms with van der Waals surface area (Å²) in [6, 6.07) is 0.737. The lowest BCUT2D eigenvalue weighted by Crippen LogP contribution is -2.36. The van der Waals surface area contributed by atoms with Crippen LogP contribution in [0, 0.1) is 0 Å². The third-order valence-electron chi connectivity index (χ3n) is 5.57. The predicted octanol–water partition coefficient (Wildman–Crippen LogP) is 2.28. The fourth-order valence-corrected chi connectivity index (χ4v) is 5.51. The number of hydrogen-bond acceptors (Lipinski definition) is 3. The van der Waals surface area contributed by atoms with Gasteiger partial charge in [-0.25, -0.2) is 13.9 Å². The average molecular weight is 395 g/mol. The van der Waals surface area contributed by atoms with Crippen molar-refractivity contribution in [1.82, 2.24) is 20.5 Å². The molecule has 2 saturated heterocycles. The van der Waals surface area contributed by atoms with Crippen LogP contribution in [0.2, 0.25) is 0 Å². The van der Waals surface area contributed by atoms with Crippen LogP contribution in [0.5, 0.6) is 0 Å². The maximum Gasteiger partial charge on any atom is 0.315 e. The van der Waals surface area contributed by atoms with E-state index in [1.165, 1.54) is 44.9 Å². The van der Waals surface area contributed by atoms with Crippen LogP contribution in [0.15, 0.2) is 18.7 Å². The molecule has 0 radical (unpaired) electrons. The predicted molar refractivity (Wildman–Crippen MR) is 111 cm³/mol. The van der Waals surface area contributed by atoms with Gasteiger partial charge in [-0.1, -0.05) is 26.2 Å². The van der Waals surface area contributed by atoms with Gasteiger partial charge in [0.05, 0.1) is 25.2 Å². The minimum absolute atomic E-state index is 0.0233. The number of hydrogen-bond donors (Lipinski definition) is 3. The number of nitrogens with zero attached hydrogens (tertiary/aromatic N) is 2. The summed E-state index contributed by atoms with van der Waals surface area (Å²) in [4.78, 5) is 11.4.